The number of hydrogen-bond acceptors (Lipinski definition) is 5. The molecule has 0 aliphatic carbocycles. The first kappa shape index (κ1) is 25.8. The van der Waals surface area contributed by atoms with Gasteiger partial charge in [0.15, 0.2) is 0 Å². The molecule has 2 aromatic rings. The van der Waals surface area contributed by atoms with Crippen molar-refractivity contribution in [3.8, 4) is 0 Å². The normalized spacial score (nSPS) is 12.7. The van der Waals surface area contributed by atoms with Crippen LogP contribution in [-0.4, -0.2) is 26.5 Å². The van der Waals surface area contributed by atoms with Crippen molar-refractivity contribution in [1.82, 2.24) is 4.72 Å². The highest BCUT2D eigenvalue weighted by Crippen LogP contribution is 2.36. The molecule has 0 saturated carbocycles. The first-order valence-corrected chi connectivity index (χ1v) is 10.3. The number of rotatable bonds is 8. The minimum Gasteiger partial charge on any atom is -0.375 e. The highest BCUT2D eigenvalue weighted by Gasteiger charge is 2.36. The summed E-state index contributed by atoms with van der Waals surface area (Å²) in [6.45, 7) is -1.53. The first-order valence-electron chi connectivity index (χ1n) is 8.41. The van der Waals surface area contributed by atoms with E-state index in [9.17, 15) is 44.9 Å². The second-order valence-electron chi connectivity index (χ2n) is 6.24. The summed E-state index contributed by atoms with van der Waals surface area (Å²) < 4.78 is 109. The van der Waals surface area contributed by atoms with E-state index >= 15 is 0 Å². The number of nitrogens with zero attached hydrogens (tertiary/aromatic N) is 1. The number of nitro groups is 1. The van der Waals surface area contributed by atoms with Crippen LogP contribution in [0.2, 0.25) is 5.02 Å². The van der Waals surface area contributed by atoms with Crippen molar-refractivity contribution in [2.24, 2.45) is 0 Å². The molecule has 0 bridgehead atoms. The lowest BCUT2D eigenvalue weighted by molar-refractivity contribution is -0.385. The third-order valence-electron chi connectivity index (χ3n) is 3.87. The van der Waals surface area contributed by atoms with Crippen LogP contribution >= 0.6 is 11.6 Å². The fourth-order valence-electron chi connectivity index (χ4n) is 2.43. The Morgan fingerprint density at radius 1 is 1.00 bits per heavy atom. The molecule has 2 aromatic carbocycles. The molecule has 0 saturated heterocycles. The lowest BCUT2D eigenvalue weighted by Gasteiger charge is -2.14. The molecule has 176 valence electrons. The molecule has 0 amide bonds. The van der Waals surface area contributed by atoms with E-state index in [1.165, 1.54) is 0 Å². The molecule has 7 nitrogen and oxygen atoms in total. The summed E-state index contributed by atoms with van der Waals surface area (Å²) in [5.41, 5.74) is -3.97. The maximum Gasteiger partial charge on any atom is 0.416 e. The van der Waals surface area contributed by atoms with Crippen LogP contribution < -0.4 is 4.72 Å². The number of nitrogens with one attached hydrogen (secondary N) is 1. The number of sulfonamides is 1. The topological polar surface area (TPSA) is 98.5 Å². The number of benzene rings is 2. The summed E-state index contributed by atoms with van der Waals surface area (Å²) in [5.74, 6) is 0. The Morgan fingerprint density at radius 2 is 1.56 bits per heavy atom. The van der Waals surface area contributed by atoms with E-state index in [1.54, 1.807) is 0 Å². The highest BCUT2D eigenvalue weighted by molar-refractivity contribution is 7.89. The van der Waals surface area contributed by atoms with Gasteiger partial charge in [-0.1, -0.05) is 11.6 Å². The fourth-order valence-corrected chi connectivity index (χ4v) is 3.96. The molecule has 0 unspecified atom stereocenters. The molecule has 0 fully saturated rings. The van der Waals surface area contributed by atoms with Crippen molar-refractivity contribution in [3.05, 3.63) is 68.2 Å². The zero-order chi connectivity index (χ0) is 24.3. The molecule has 0 atom stereocenters. The van der Waals surface area contributed by atoms with E-state index in [0.29, 0.717) is 12.1 Å². The van der Waals surface area contributed by atoms with Gasteiger partial charge in [-0.3, -0.25) is 10.1 Å². The quantitative estimate of drug-likeness (QED) is 0.240. The van der Waals surface area contributed by atoms with Crippen LogP contribution in [0.4, 0.5) is 32.0 Å². The van der Waals surface area contributed by atoms with Crippen LogP contribution in [0.5, 0.6) is 0 Å². The molecule has 15 heteroatoms. The summed E-state index contributed by atoms with van der Waals surface area (Å²) in [6, 6.07) is 3.68. The second kappa shape index (κ2) is 9.60. The van der Waals surface area contributed by atoms with Crippen molar-refractivity contribution < 1.29 is 44.4 Å². The van der Waals surface area contributed by atoms with Gasteiger partial charge in [0.05, 0.1) is 34.3 Å². The van der Waals surface area contributed by atoms with Gasteiger partial charge in [0.2, 0.25) is 10.0 Å². The largest absolute Gasteiger partial charge is 0.416 e. The summed E-state index contributed by atoms with van der Waals surface area (Å²) >= 11 is 5.75. The lowest BCUT2D eigenvalue weighted by atomic mass is 10.1. The monoisotopic (exact) mass is 506 g/mol. The molecule has 0 radical (unpaired) electrons. The third-order valence-corrected chi connectivity index (χ3v) is 5.81. The van der Waals surface area contributed by atoms with E-state index in [4.69, 9.17) is 16.3 Å². The zero-order valence-corrected chi connectivity index (χ0v) is 17.2. The van der Waals surface area contributed by atoms with E-state index in [2.05, 4.69) is 0 Å². The van der Waals surface area contributed by atoms with Crippen LogP contribution in [0.1, 0.15) is 16.7 Å². The minimum absolute atomic E-state index is 0.0274. The van der Waals surface area contributed by atoms with E-state index in [0.717, 1.165) is 18.2 Å². The van der Waals surface area contributed by atoms with Gasteiger partial charge in [0, 0.05) is 18.7 Å². The van der Waals surface area contributed by atoms with Gasteiger partial charge >= 0.3 is 12.4 Å². The first-order chi connectivity index (χ1) is 14.6. The Morgan fingerprint density at radius 3 is 2.06 bits per heavy atom. The Balaban J connectivity index is 2.04. The fraction of sp³-hybridized carbons (Fsp3) is 0.294. The molecule has 1 N–H and O–H groups in total. The molecule has 0 aliphatic rings. The third kappa shape index (κ3) is 6.79. The maximum atomic E-state index is 12.8. The van der Waals surface area contributed by atoms with Gasteiger partial charge in [-0.05, 0) is 29.8 Å². The minimum atomic E-state index is -5.01. The lowest BCUT2D eigenvalue weighted by Crippen LogP contribution is -2.27. The van der Waals surface area contributed by atoms with Crippen molar-refractivity contribution in [2.45, 2.75) is 23.9 Å². The Kier molecular flexibility index (Phi) is 7.75. The van der Waals surface area contributed by atoms with Gasteiger partial charge in [-0.15, -0.1) is 0 Å². The average molecular weight is 507 g/mol. The Hall–Kier alpha value is -2.42. The molecule has 2 rings (SSSR count). The molecule has 0 spiro atoms. The molecular weight excluding hydrogens is 494 g/mol. The van der Waals surface area contributed by atoms with Crippen molar-refractivity contribution in [3.63, 3.8) is 0 Å². The SMILES string of the molecule is O=[N+]([O-])c1ccc(Cl)c(S(=O)(=O)NCCOCc2cc(C(F)(F)F)cc(C(F)(F)F)c2)c1. The van der Waals surface area contributed by atoms with Gasteiger partial charge in [0.1, 0.15) is 4.90 Å². The molecule has 0 aliphatic heterocycles. The zero-order valence-electron chi connectivity index (χ0n) is 15.6. The van der Waals surface area contributed by atoms with Gasteiger partial charge in [0.25, 0.3) is 5.69 Å². The van der Waals surface area contributed by atoms with E-state index in [-0.39, 0.29) is 11.1 Å². The average Bonchev–Trinajstić information content (AvgIpc) is 2.66. The summed E-state index contributed by atoms with van der Waals surface area (Å²) in [4.78, 5) is 9.37. The predicted octanol–water partition coefficient (Wildman–Crippen LogP) is 4.78. The number of ether oxygens (including phenoxy) is 1. The number of halogens is 7. The van der Waals surface area contributed by atoms with E-state index in [1.807, 2.05) is 4.72 Å². The predicted molar refractivity (Wildman–Crippen MR) is 99.4 cm³/mol. The number of hydrogen-bond donors (Lipinski definition) is 1. The van der Waals surface area contributed by atoms with Crippen LogP contribution in [0.25, 0.3) is 0 Å². The molecular formula is C17H13ClF6N2O5S. The maximum absolute atomic E-state index is 12.8. The van der Waals surface area contributed by atoms with Gasteiger partial charge in [-0.2, -0.15) is 26.3 Å². The number of nitro benzene ring substituents is 1. The molecule has 0 aromatic heterocycles. The van der Waals surface area contributed by atoms with Crippen molar-refractivity contribution in [1.29, 1.82) is 0 Å². The van der Waals surface area contributed by atoms with Gasteiger partial charge < -0.3 is 4.74 Å². The van der Waals surface area contributed by atoms with Gasteiger partial charge in [-0.25, -0.2) is 13.1 Å². The van der Waals surface area contributed by atoms with Crippen LogP contribution in [0.15, 0.2) is 41.3 Å². The smallest absolute Gasteiger partial charge is 0.375 e. The Bertz CT molecular complexity index is 1070. The van der Waals surface area contributed by atoms with Crippen LogP contribution in [0, 0.1) is 10.1 Å². The summed E-state index contributed by atoms with van der Waals surface area (Å²) in [5, 5.41) is 10.5. The van der Waals surface area contributed by atoms with Crippen molar-refractivity contribution in [2.75, 3.05) is 13.2 Å². The number of alkyl halides is 6. The number of non-ortho nitro benzene ring substituents is 1. The van der Waals surface area contributed by atoms with Crippen LogP contribution in [-0.2, 0) is 33.7 Å². The highest BCUT2D eigenvalue weighted by atomic mass is 35.5. The second-order valence-corrected chi connectivity index (χ2v) is 8.38. The standard InChI is InChI=1S/C17H13ClF6N2O5S/c18-14-2-1-13(26(27)28)8-15(14)32(29,30)25-3-4-31-9-10-5-11(16(19,20)21)7-12(6-10)17(22,23)24/h1-2,5-8,25H,3-4,9H2. The van der Waals surface area contributed by atoms with E-state index < -0.39 is 74.3 Å². The van der Waals surface area contributed by atoms with Crippen molar-refractivity contribution >= 4 is 27.3 Å². The molecule has 0 heterocycles. The summed E-state index contributed by atoms with van der Waals surface area (Å²) in [7, 11) is -4.31. The Labute approximate surface area is 182 Å². The molecule has 32 heavy (non-hydrogen) atoms. The van der Waals surface area contributed by atoms with Crippen LogP contribution in [0.3, 0.4) is 0 Å². The summed E-state index contributed by atoms with van der Waals surface area (Å²) in [6.07, 6.45) is -10.0.